The first-order valence-electron chi connectivity index (χ1n) is 10.2. The van der Waals surface area contributed by atoms with E-state index in [-0.39, 0.29) is 5.56 Å². The summed E-state index contributed by atoms with van der Waals surface area (Å²) in [6.45, 7) is 0. The zero-order valence-electron chi connectivity index (χ0n) is 18.6. The highest BCUT2D eigenvalue weighted by atomic mass is 16.7. The molecule has 14 heteroatoms. The zero-order chi connectivity index (χ0) is 27.4. The van der Waals surface area contributed by atoms with E-state index in [1.165, 1.54) is 36.4 Å². The Labute approximate surface area is 206 Å². The number of hydrogen-bond donors (Lipinski definition) is 1. The molecule has 0 fully saturated rings. The van der Waals surface area contributed by atoms with Crippen LogP contribution in [0.4, 0.5) is 0 Å². The summed E-state index contributed by atoms with van der Waals surface area (Å²) >= 11 is 0. The monoisotopic (exact) mass is 508 g/mol. The lowest BCUT2D eigenvalue weighted by Gasteiger charge is -2.22. The van der Waals surface area contributed by atoms with E-state index in [0.717, 1.165) is 42.5 Å². The maximum absolute atomic E-state index is 12.3. The van der Waals surface area contributed by atoms with Crippen LogP contribution in [0.2, 0.25) is 0 Å². The van der Waals surface area contributed by atoms with E-state index in [1.807, 2.05) is 0 Å². The van der Waals surface area contributed by atoms with Gasteiger partial charge in [0.2, 0.25) is 0 Å². The molecule has 1 N–H and O–H groups in total. The Morgan fingerprint density at radius 3 is 1.27 bits per heavy atom. The third-order valence-corrected chi connectivity index (χ3v) is 5.59. The van der Waals surface area contributed by atoms with E-state index in [1.54, 1.807) is 0 Å². The predicted molar refractivity (Wildman–Crippen MR) is 126 cm³/mol. The highest BCUT2D eigenvalue weighted by molar-refractivity contribution is 5.85. The lowest BCUT2D eigenvalue weighted by Crippen LogP contribution is -2.47. The van der Waals surface area contributed by atoms with Crippen LogP contribution in [-0.2, 0) is 16.1 Å². The van der Waals surface area contributed by atoms with Crippen LogP contribution in [0, 0.1) is 40.5 Å². The van der Waals surface area contributed by atoms with Crippen molar-refractivity contribution in [3.63, 3.8) is 0 Å². The maximum Gasteiger partial charge on any atom is 0.510 e. The lowest BCUT2D eigenvalue weighted by atomic mass is 9.84. The number of aliphatic carboxylic acids is 1. The van der Waals surface area contributed by atoms with Crippen molar-refractivity contribution in [3.8, 4) is 0 Å². The lowest BCUT2D eigenvalue weighted by molar-refractivity contribution is -0.798. The second-order valence-electron chi connectivity index (χ2n) is 7.62. The van der Waals surface area contributed by atoms with Crippen molar-refractivity contribution in [2.75, 3.05) is 0 Å². The molecule has 0 bridgehead atoms. The van der Waals surface area contributed by atoms with Crippen LogP contribution in [0.25, 0.3) is 6.08 Å². The van der Waals surface area contributed by atoms with Crippen LogP contribution in [-0.4, -0.2) is 30.8 Å². The quantitative estimate of drug-likeness (QED) is 0.183. The second-order valence-corrected chi connectivity index (χ2v) is 7.62. The minimum Gasteiger partial charge on any atom is -0.478 e. The fourth-order valence-corrected chi connectivity index (χ4v) is 3.97. The van der Waals surface area contributed by atoms with Gasteiger partial charge in [-0.1, -0.05) is 36.4 Å². The molecular formula is C23H16N4O10. The zero-order valence-corrected chi connectivity index (χ0v) is 18.6. The van der Waals surface area contributed by atoms with Crippen LogP contribution in [0.5, 0.6) is 0 Å². The summed E-state index contributed by atoms with van der Waals surface area (Å²) in [6.07, 6.45) is 1.44. The number of carboxylic acids is 1. The van der Waals surface area contributed by atoms with Gasteiger partial charge in [-0.25, -0.2) is 4.79 Å². The summed E-state index contributed by atoms with van der Waals surface area (Å²) in [5, 5.41) is 58.3. The van der Waals surface area contributed by atoms with Crippen LogP contribution < -0.4 is 0 Å². The Morgan fingerprint density at radius 2 is 0.973 bits per heavy atom. The maximum atomic E-state index is 12.3. The Hall–Kier alpha value is -5.53. The van der Waals surface area contributed by atoms with Crippen LogP contribution in [0.1, 0.15) is 27.8 Å². The molecule has 14 nitrogen and oxygen atoms in total. The Balaban J connectivity index is 2.54. The van der Waals surface area contributed by atoms with Gasteiger partial charge in [-0.15, -0.1) is 0 Å². The van der Waals surface area contributed by atoms with Gasteiger partial charge in [-0.3, -0.25) is 40.5 Å². The number of carboxylic acid groups (broad SMARTS) is 1. The van der Waals surface area contributed by atoms with E-state index >= 15 is 0 Å². The van der Waals surface area contributed by atoms with E-state index in [2.05, 4.69) is 0 Å². The molecule has 0 saturated heterocycles. The summed E-state index contributed by atoms with van der Waals surface area (Å²) in [7, 11) is 0. The first-order valence-corrected chi connectivity index (χ1v) is 10.2. The van der Waals surface area contributed by atoms with E-state index in [0.29, 0.717) is 12.1 Å². The van der Waals surface area contributed by atoms with Gasteiger partial charge in [0, 0.05) is 6.08 Å². The molecule has 37 heavy (non-hydrogen) atoms. The molecule has 0 heterocycles. The number of carbonyl (C=O) groups is 1. The largest absolute Gasteiger partial charge is 0.510 e. The molecular weight excluding hydrogens is 492 g/mol. The minimum absolute atomic E-state index is 0.289. The standard InChI is InChI=1S/C23H16N4O10/c28-21(29)12-11-16-13-19(22(24(30)31,25(32)33)17-7-3-1-4-8-17)15-20(14-16)23(26(34)35,27(36)37)18-9-5-2-6-10-18/h1-15H,(H,28,29). The average molecular weight is 508 g/mol. The van der Waals surface area contributed by atoms with E-state index in [9.17, 15) is 45.3 Å². The normalized spacial score (nSPS) is 11.7. The number of rotatable bonds is 10. The van der Waals surface area contributed by atoms with Crippen LogP contribution in [0.15, 0.2) is 84.9 Å². The third-order valence-electron chi connectivity index (χ3n) is 5.59. The van der Waals surface area contributed by atoms with Gasteiger partial charge < -0.3 is 5.11 Å². The van der Waals surface area contributed by atoms with E-state index in [4.69, 9.17) is 5.11 Å². The number of benzene rings is 3. The fourth-order valence-electron chi connectivity index (χ4n) is 3.97. The smallest absolute Gasteiger partial charge is 0.478 e. The summed E-state index contributed by atoms with van der Waals surface area (Å²) in [6, 6.07) is 14.9. The van der Waals surface area contributed by atoms with Gasteiger partial charge in [-0.05, 0) is 54.1 Å². The summed E-state index contributed by atoms with van der Waals surface area (Å²) in [5.74, 6) is -1.47. The summed E-state index contributed by atoms with van der Waals surface area (Å²) in [5.41, 5.74) is -9.17. The average Bonchev–Trinajstić information content (AvgIpc) is 2.84. The molecule has 0 aliphatic heterocycles. The summed E-state index contributed by atoms with van der Waals surface area (Å²) in [4.78, 5) is 55.5. The molecule has 3 aromatic rings. The Morgan fingerprint density at radius 1 is 0.622 bits per heavy atom. The van der Waals surface area contributed by atoms with E-state index < -0.39 is 59.2 Å². The molecule has 0 unspecified atom stereocenters. The van der Waals surface area contributed by atoms with Crippen molar-refractivity contribution in [1.29, 1.82) is 0 Å². The molecule has 0 atom stereocenters. The fraction of sp³-hybridized carbons (Fsp3) is 0.0870. The molecule has 3 rings (SSSR count). The molecule has 3 aromatic carbocycles. The highest BCUT2D eigenvalue weighted by Crippen LogP contribution is 2.40. The molecule has 0 saturated carbocycles. The number of nitro groups is 4. The van der Waals surface area contributed by atoms with Crippen molar-refractivity contribution in [3.05, 3.63) is 153 Å². The van der Waals surface area contributed by atoms with Crippen molar-refractivity contribution in [2.24, 2.45) is 0 Å². The number of nitrogens with zero attached hydrogens (tertiary/aromatic N) is 4. The van der Waals surface area contributed by atoms with Crippen molar-refractivity contribution in [2.45, 2.75) is 11.3 Å². The number of hydrogen-bond acceptors (Lipinski definition) is 9. The van der Waals surface area contributed by atoms with Gasteiger partial charge in [0.1, 0.15) is 41.9 Å². The third kappa shape index (κ3) is 4.34. The van der Waals surface area contributed by atoms with Gasteiger partial charge >= 0.3 is 17.3 Å². The van der Waals surface area contributed by atoms with Crippen molar-refractivity contribution >= 4 is 12.0 Å². The SMILES string of the molecule is O=C(O)C=Cc1cc(C(c2ccccc2)([N+](=O)[O-])[N+](=O)[O-])cc(C(c2ccccc2)([N+](=O)[O-])[N+](=O)[O-])c1. The first kappa shape index (κ1) is 26.1. The van der Waals surface area contributed by atoms with Gasteiger partial charge in [0.15, 0.2) is 0 Å². The van der Waals surface area contributed by atoms with Crippen LogP contribution in [0.3, 0.4) is 0 Å². The van der Waals surface area contributed by atoms with Gasteiger partial charge in [-0.2, -0.15) is 0 Å². The molecule has 0 amide bonds. The Bertz CT molecular complexity index is 1300. The summed E-state index contributed by atoms with van der Waals surface area (Å²) < 4.78 is 0. The molecule has 0 aliphatic rings. The highest BCUT2D eigenvalue weighted by Gasteiger charge is 2.64. The van der Waals surface area contributed by atoms with Gasteiger partial charge in [0.05, 0.1) is 0 Å². The molecule has 0 radical (unpaired) electrons. The molecule has 0 aromatic heterocycles. The van der Waals surface area contributed by atoms with Gasteiger partial charge in [0.25, 0.3) is 0 Å². The van der Waals surface area contributed by atoms with Crippen molar-refractivity contribution in [1.82, 2.24) is 0 Å². The van der Waals surface area contributed by atoms with Crippen molar-refractivity contribution < 1.29 is 29.6 Å². The topological polar surface area (TPSA) is 210 Å². The Kier molecular flexibility index (Phi) is 7.04. The molecule has 188 valence electrons. The first-order chi connectivity index (χ1) is 17.5. The minimum atomic E-state index is -3.24. The van der Waals surface area contributed by atoms with Crippen LogP contribution >= 0.6 is 0 Å². The predicted octanol–water partition coefficient (Wildman–Crippen LogP) is 3.29. The molecule has 0 aliphatic carbocycles. The second kappa shape index (κ2) is 9.99. The molecule has 0 spiro atoms.